The molecular weight excluding hydrogens is 470 g/mol. The van der Waals surface area contributed by atoms with Crippen molar-refractivity contribution in [2.45, 2.75) is 194 Å². The van der Waals surface area contributed by atoms with Crippen LogP contribution in [0.4, 0.5) is 0 Å². The first-order chi connectivity index (χ1) is 18.3. The lowest BCUT2D eigenvalue weighted by molar-refractivity contribution is -0.160. The first-order valence-electron chi connectivity index (χ1n) is 16.8. The largest absolute Gasteiger partial charge is 0.479 e. The second-order valence-corrected chi connectivity index (χ2v) is 12.3. The fourth-order valence-electron chi connectivity index (χ4n) is 5.62. The number of carboxylic acid groups (broad SMARTS) is 1. The maximum atomic E-state index is 12.9. The Balaban J connectivity index is 4.08. The van der Waals surface area contributed by atoms with E-state index < -0.39 is 11.5 Å². The molecule has 1 amide bonds. The molecule has 4 nitrogen and oxygen atoms in total. The van der Waals surface area contributed by atoms with Crippen LogP contribution in [-0.4, -0.2) is 34.5 Å². The lowest BCUT2D eigenvalue weighted by atomic mass is 9.81. The van der Waals surface area contributed by atoms with Gasteiger partial charge in [-0.15, -0.1) is 0 Å². The van der Waals surface area contributed by atoms with Crippen molar-refractivity contribution in [3.63, 3.8) is 0 Å². The number of aliphatic carboxylic acids is 1. The van der Waals surface area contributed by atoms with Gasteiger partial charge in [0.05, 0.1) is 0 Å². The van der Waals surface area contributed by atoms with Crippen LogP contribution in [0.25, 0.3) is 0 Å². The van der Waals surface area contributed by atoms with E-state index in [0.717, 1.165) is 32.1 Å². The third-order valence-electron chi connectivity index (χ3n) is 8.95. The third-order valence-corrected chi connectivity index (χ3v) is 8.95. The Labute approximate surface area is 238 Å². The van der Waals surface area contributed by atoms with Gasteiger partial charge in [0.2, 0.25) is 5.91 Å². The molecule has 0 saturated heterocycles. The summed E-state index contributed by atoms with van der Waals surface area (Å²) in [6.07, 6.45) is 30.7. The van der Waals surface area contributed by atoms with Gasteiger partial charge in [0.15, 0.2) is 0 Å². The second-order valence-electron chi connectivity index (χ2n) is 12.3. The maximum absolute atomic E-state index is 12.9. The molecule has 0 spiro atoms. The minimum absolute atomic E-state index is 0.0210. The number of carboxylic acids is 1. The van der Waals surface area contributed by atoms with E-state index in [-0.39, 0.29) is 11.8 Å². The van der Waals surface area contributed by atoms with Crippen molar-refractivity contribution in [2.24, 2.45) is 5.92 Å². The van der Waals surface area contributed by atoms with Crippen LogP contribution in [0.15, 0.2) is 0 Å². The molecule has 0 saturated carbocycles. The highest BCUT2D eigenvalue weighted by Crippen LogP contribution is 2.30. The van der Waals surface area contributed by atoms with E-state index in [9.17, 15) is 14.7 Å². The van der Waals surface area contributed by atoms with Crippen molar-refractivity contribution in [1.82, 2.24) is 4.90 Å². The molecule has 0 aliphatic carbocycles. The average molecular weight is 538 g/mol. The molecule has 2 atom stereocenters. The molecule has 1 N–H and O–H groups in total. The molecule has 0 aromatic heterocycles. The molecule has 0 fully saturated rings. The highest BCUT2D eigenvalue weighted by atomic mass is 16.4. The Kier molecular flexibility index (Phi) is 24.2. The molecule has 0 rings (SSSR count). The number of likely N-dealkylation sites (N-methyl/N-ethyl adjacent to an activating group) is 1. The zero-order valence-electron chi connectivity index (χ0n) is 26.5. The van der Waals surface area contributed by atoms with Crippen molar-refractivity contribution in [1.29, 1.82) is 0 Å². The summed E-state index contributed by atoms with van der Waals surface area (Å²) in [4.78, 5) is 26.7. The predicted molar refractivity (Wildman–Crippen MR) is 165 cm³/mol. The Morgan fingerprint density at radius 2 is 0.921 bits per heavy atom. The Morgan fingerprint density at radius 3 is 1.26 bits per heavy atom. The summed E-state index contributed by atoms with van der Waals surface area (Å²) in [5, 5.41) is 10.1. The molecule has 0 aliphatic rings. The van der Waals surface area contributed by atoms with Crippen LogP contribution < -0.4 is 0 Å². The van der Waals surface area contributed by atoms with Crippen LogP contribution in [0.3, 0.4) is 0 Å². The number of carbonyl (C=O) groups is 2. The number of rotatable bonds is 28. The summed E-state index contributed by atoms with van der Waals surface area (Å²) in [7, 11) is 1.70. The summed E-state index contributed by atoms with van der Waals surface area (Å²) in [6, 6.07) is 0. The minimum Gasteiger partial charge on any atom is -0.479 e. The molecule has 0 aromatic rings. The topological polar surface area (TPSA) is 57.6 Å². The number of carbonyl (C=O) groups excluding carboxylic acids is 1. The van der Waals surface area contributed by atoms with E-state index in [1.165, 1.54) is 127 Å². The van der Waals surface area contributed by atoms with Gasteiger partial charge in [-0.2, -0.15) is 0 Å². The minimum atomic E-state index is -1.13. The van der Waals surface area contributed by atoms with Gasteiger partial charge in [0.1, 0.15) is 5.54 Å². The Bertz CT molecular complexity index is 564. The van der Waals surface area contributed by atoms with E-state index >= 15 is 0 Å². The molecular formula is C34H67NO3. The summed E-state index contributed by atoms with van der Waals surface area (Å²) in [6.45, 7) is 8.28. The number of unbranched alkanes of at least 4 members (excludes halogenated alkanes) is 21. The van der Waals surface area contributed by atoms with E-state index in [2.05, 4.69) is 13.8 Å². The van der Waals surface area contributed by atoms with E-state index in [0.29, 0.717) is 6.42 Å². The van der Waals surface area contributed by atoms with Gasteiger partial charge < -0.3 is 10.0 Å². The van der Waals surface area contributed by atoms with Crippen molar-refractivity contribution >= 4 is 11.9 Å². The van der Waals surface area contributed by atoms with Gasteiger partial charge in [-0.1, -0.05) is 162 Å². The lowest BCUT2D eigenvalue weighted by Crippen LogP contribution is -2.57. The van der Waals surface area contributed by atoms with Crippen molar-refractivity contribution in [2.75, 3.05) is 7.05 Å². The number of hydrogen-bond donors (Lipinski definition) is 1. The molecule has 0 heterocycles. The lowest BCUT2D eigenvalue weighted by Gasteiger charge is -2.40. The molecule has 0 radical (unpaired) electrons. The van der Waals surface area contributed by atoms with Gasteiger partial charge in [-0.05, 0) is 25.7 Å². The molecule has 0 aromatic carbocycles. The summed E-state index contributed by atoms with van der Waals surface area (Å²) in [5.41, 5.74) is -1.13. The van der Waals surface area contributed by atoms with Crippen LogP contribution in [0.2, 0.25) is 0 Å². The van der Waals surface area contributed by atoms with Crippen molar-refractivity contribution in [3.05, 3.63) is 0 Å². The SMILES string of the molecule is CCCCCCCCCCCCCCC(C)[C@](C)(C(=O)O)N(C)C(=O)CCCCCCCCCCCCC. The van der Waals surface area contributed by atoms with Gasteiger partial charge in [0, 0.05) is 13.5 Å². The fourth-order valence-corrected chi connectivity index (χ4v) is 5.62. The van der Waals surface area contributed by atoms with Crippen LogP contribution in [-0.2, 0) is 9.59 Å². The van der Waals surface area contributed by atoms with Crippen LogP contribution in [0.5, 0.6) is 0 Å². The zero-order valence-corrected chi connectivity index (χ0v) is 26.5. The van der Waals surface area contributed by atoms with Crippen molar-refractivity contribution in [3.8, 4) is 0 Å². The van der Waals surface area contributed by atoms with Gasteiger partial charge in [0.25, 0.3) is 0 Å². The monoisotopic (exact) mass is 538 g/mol. The Morgan fingerprint density at radius 1 is 0.605 bits per heavy atom. The van der Waals surface area contributed by atoms with Gasteiger partial charge in [-0.3, -0.25) is 4.79 Å². The Hall–Kier alpha value is -1.06. The number of hydrogen-bond acceptors (Lipinski definition) is 2. The average Bonchev–Trinajstić information content (AvgIpc) is 2.90. The smallest absolute Gasteiger partial charge is 0.329 e. The van der Waals surface area contributed by atoms with E-state index in [1.807, 2.05) is 6.92 Å². The standard InChI is InChI=1S/C34H67NO3/c1-6-8-10-12-14-16-18-20-21-23-25-27-29-31(3)34(4,33(37)38)35(5)32(36)30-28-26-24-22-19-17-15-13-11-9-7-2/h31H,6-30H2,1-5H3,(H,37,38)/t31?,34-/m1/s1. The fraction of sp³-hybridized carbons (Fsp3) is 0.941. The number of nitrogens with zero attached hydrogens (tertiary/aromatic N) is 1. The highest BCUT2D eigenvalue weighted by molar-refractivity contribution is 5.86. The van der Waals surface area contributed by atoms with Crippen LogP contribution in [0.1, 0.15) is 188 Å². The molecule has 1 unspecified atom stereocenters. The third kappa shape index (κ3) is 17.5. The molecule has 4 heteroatoms. The van der Waals surface area contributed by atoms with Crippen LogP contribution in [0, 0.1) is 5.92 Å². The zero-order chi connectivity index (χ0) is 28.5. The normalized spacial score (nSPS) is 13.8. The summed E-state index contributed by atoms with van der Waals surface area (Å²) < 4.78 is 0. The van der Waals surface area contributed by atoms with E-state index in [1.54, 1.807) is 14.0 Å². The van der Waals surface area contributed by atoms with Crippen LogP contribution >= 0.6 is 0 Å². The van der Waals surface area contributed by atoms with Gasteiger partial charge >= 0.3 is 5.97 Å². The van der Waals surface area contributed by atoms with E-state index in [4.69, 9.17) is 0 Å². The molecule has 0 bridgehead atoms. The first-order valence-corrected chi connectivity index (χ1v) is 16.8. The van der Waals surface area contributed by atoms with Gasteiger partial charge in [-0.25, -0.2) is 4.79 Å². The first kappa shape index (κ1) is 36.9. The van der Waals surface area contributed by atoms with Crippen molar-refractivity contribution < 1.29 is 14.7 Å². The number of amides is 1. The molecule has 0 aliphatic heterocycles. The highest BCUT2D eigenvalue weighted by Gasteiger charge is 2.44. The summed E-state index contributed by atoms with van der Waals surface area (Å²) >= 11 is 0. The molecule has 38 heavy (non-hydrogen) atoms. The maximum Gasteiger partial charge on any atom is 0.329 e. The molecule has 226 valence electrons. The second kappa shape index (κ2) is 24.9. The quantitative estimate of drug-likeness (QED) is 0.101. The predicted octanol–water partition coefficient (Wildman–Crippen LogP) is 10.7. The summed E-state index contributed by atoms with van der Waals surface area (Å²) in [5.74, 6) is -0.958.